The number of hydrogen-bond acceptors (Lipinski definition) is 10. The summed E-state index contributed by atoms with van der Waals surface area (Å²) in [7, 11) is 4.14. The molecule has 0 unspecified atom stereocenters. The number of methoxy groups -OCH3 is 3. The fraction of sp³-hybridized carbons (Fsp3) is 0.345. The fourth-order valence-electron chi connectivity index (χ4n) is 4.80. The van der Waals surface area contributed by atoms with E-state index in [2.05, 4.69) is 32.3 Å². The van der Waals surface area contributed by atoms with Crippen molar-refractivity contribution < 1.29 is 32.5 Å². The molecule has 1 amide bonds. The molecular weight excluding hydrogens is 564 g/mol. The Morgan fingerprint density at radius 1 is 1.14 bits per heavy atom. The van der Waals surface area contributed by atoms with Gasteiger partial charge in [-0.15, -0.1) is 0 Å². The zero-order valence-electron chi connectivity index (χ0n) is 23.9. The lowest BCUT2D eigenvalue weighted by Gasteiger charge is -2.32. The van der Waals surface area contributed by atoms with E-state index < -0.39 is 17.2 Å². The van der Waals surface area contributed by atoms with Crippen molar-refractivity contribution in [2.75, 3.05) is 46.5 Å². The SMILES string of the molecule is C=CC(=O)N[C@H]1CCOC[C@H]1Nc1ncc2cc(-c3c(F)c(OC)cc(OC)c3F)nc(-c3cnn(CCOC)c3)c2n1. The zero-order valence-corrected chi connectivity index (χ0v) is 23.9. The van der Waals surface area contributed by atoms with E-state index in [0.717, 1.165) is 6.07 Å². The second-order valence-electron chi connectivity index (χ2n) is 9.69. The van der Waals surface area contributed by atoms with Crippen molar-refractivity contribution in [2.24, 2.45) is 0 Å². The number of amides is 1. The van der Waals surface area contributed by atoms with Crippen LogP contribution >= 0.6 is 0 Å². The van der Waals surface area contributed by atoms with Crippen LogP contribution in [0.4, 0.5) is 14.7 Å². The first-order valence-corrected chi connectivity index (χ1v) is 13.4. The van der Waals surface area contributed by atoms with E-state index in [1.807, 2.05) is 0 Å². The number of pyridine rings is 1. The summed E-state index contributed by atoms with van der Waals surface area (Å²) >= 11 is 0. The predicted octanol–water partition coefficient (Wildman–Crippen LogP) is 3.37. The lowest BCUT2D eigenvalue weighted by molar-refractivity contribution is -0.117. The summed E-state index contributed by atoms with van der Waals surface area (Å²) in [5.41, 5.74) is 0.843. The third-order valence-electron chi connectivity index (χ3n) is 7.01. The Balaban J connectivity index is 1.63. The summed E-state index contributed by atoms with van der Waals surface area (Å²) in [5.74, 6) is -2.31. The highest BCUT2D eigenvalue weighted by molar-refractivity contribution is 5.94. The number of anilines is 1. The predicted molar refractivity (Wildman–Crippen MR) is 154 cm³/mol. The topological polar surface area (TPSA) is 135 Å². The van der Waals surface area contributed by atoms with E-state index in [1.54, 1.807) is 24.2 Å². The smallest absolute Gasteiger partial charge is 0.243 e. The van der Waals surface area contributed by atoms with Crippen LogP contribution in [0.15, 0.2) is 43.4 Å². The normalized spacial score (nSPS) is 16.6. The summed E-state index contributed by atoms with van der Waals surface area (Å²) < 4.78 is 53.7. The van der Waals surface area contributed by atoms with Crippen LogP contribution in [0.5, 0.6) is 11.5 Å². The van der Waals surface area contributed by atoms with Gasteiger partial charge in [0.25, 0.3) is 0 Å². The van der Waals surface area contributed by atoms with E-state index in [-0.39, 0.29) is 41.1 Å². The molecule has 226 valence electrons. The number of carbonyl (C=O) groups is 1. The second kappa shape index (κ2) is 13.1. The van der Waals surface area contributed by atoms with Crippen LogP contribution in [-0.2, 0) is 20.8 Å². The molecule has 3 aromatic heterocycles. The first kappa shape index (κ1) is 29.8. The molecule has 43 heavy (non-hydrogen) atoms. The molecule has 5 rings (SSSR count). The maximum absolute atomic E-state index is 15.5. The number of rotatable bonds is 11. The minimum Gasteiger partial charge on any atom is -0.494 e. The Hall–Kier alpha value is -4.69. The van der Waals surface area contributed by atoms with Gasteiger partial charge >= 0.3 is 0 Å². The molecule has 2 atom stereocenters. The number of ether oxygens (including phenoxy) is 4. The summed E-state index contributed by atoms with van der Waals surface area (Å²) in [5, 5.41) is 11.0. The Bertz CT molecular complexity index is 1620. The molecule has 0 radical (unpaired) electrons. The molecule has 14 heteroatoms. The van der Waals surface area contributed by atoms with Crippen LogP contribution in [0.3, 0.4) is 0 Å². The highest BCUT2D eigenvalue weighted by atomic mass is 19.1. The molecule has 1 aliphatic heterocycles. The van der Waals surface area contributed by atoms with E-state index in [4.69, 9.17) is 23.9 Å². The van der Waals surface area contributed by atoms with Crippen LogP contribution in [0.2, 0.25) is 0 Å². The van der Waals surface area contributed by atoms with Gasteiger partial charge in [0.05, 0.1) is 63.5 Å². The average Bonchev–Trinajstić information content (AvgIpc) is 3.49. The Morgan fingerprint density at radius 3 is 2.60 bits per heavy atom. The van der Waals surface area contributed by atoms with Gasteiger partial charge in [-0.05, 0) is 18.6 Å². The van der Waals surface area contributed by atoms with Crippen molar-refractivity contribution >= 4 is 22.8 Å². The Kier molecular flexibility index (Phi) is 9.07. The third kappa shape index (κ3) is 6.24. The summed E-state index contributed by atoms with van der Waals surface area (Å²) in [6.45, 7) is 5.23. The molecule has 2 N–H and O–H groups in total. The third-order valence-corrected chi connectivity index (χ3v) is 7.01. The zero-order chi connectivity index (χ0) is 30.5. The molecule has 1 saturated heterocycles. The molecule has 12 nitrogen and oxygen atoms in total. The van der Waals surface area contributed by atoms with Gasteiger partial charge in [0, 0.05) is 43.1 Å². The average molecular weight is 596 g/mol. The monoisotopic (exact) mass is 595 g/mol. The number of aromatic nitrogens is 5. The number of nitrogens with zero attached hydrogens (tertiary/aromatic N) is 5. The molecule has 0 bridgehead atoms. The van der Waals surface area contributed by atoms with Crippen molar-refractivity contribution in [3.63, 3.8) is 0 Å². The van der Waals surface area contributed by atoms with E-state index in [0.29, 0.717) is 54.9 Å². The molecule has 1 aliphatic rings. The summed E-state index contributed by atoms with van der Waals surface area (Å²) in [4.78, 5) is 25.8. The lowest BCUT2D eigenvalue weighted by Crippen LogP contribution is -2.52. The maximum atomic E-state index is 15.5. The van der Waals surface area contributed by atoms with Crippen LogP contribution in [0.1, 0.15) is 6.42 Å². The van der Waals surface area contributed by atoms with Crippen molar-refractivity contribution in [3.05, 3.63) is 55.0 Å². The molecule has 1 aromatic carbocycles. The van der Waals surface area contributed by atoms with Gasteiger partial charge < -0.3 is 29.6 Å². The van der Waals surface area contributed by atoms with Crippen LogP contribution in [0.25, 0.3) is 33.4 Å². The summed E-state index contributed by atoms with van der Waals surface area (Å²) in [6, 6.07) is 2.06. The molecule has 4 aromatic rings. The van der Waals surface area contributed by atoms with Crippen molar-refractivity contribution in [3.8, 4) is 34.0 Å². The molecule has 0 spiro atoms. The standard InChI is InChI=1S/C29H31F2N7O5/c1-5-23(39)34-18-6-8-43-15-20(18)36-29-32-12-16-10-19(24-25(30)21(41-3)11-22(42-4)26(24)31)35-28(27(16)37-29)17-13-33-38(14-17)7-9-40-2/h5,10-14,18,20H,1,6-9,15H2,2-4H3,(H,34,39)(H,32,36,37)/t18-,20+/m0/s1. The first-order chi connectivity index (χ1) is 20.9. The van der Waals surface area contributed by atoms with Crippen molar-refractivity contribution in [1.82, 2.24) is 30.0 Å². The second-order valence-corrected chi connectivity index (χ2v) is 9.69. The van der Waals surface area contributed by atoms with E-state index in [9.17, 15) is 4.79 Å². The Morgan fingerprint density at radius 2 is 1.91 bits per heavy atom. The number of nitrogens with one attached hydrogen (secondary N) is 2. The van der Waals surface area contributed by atoms with E-state index in [1.165, 1.54) is 32.6 Å². The van der Waals surface area contributed by atoms with Gasteiger partial charge in [-0.25, -0.2) is 23.7 Å². The number of halogens is 2. The molecule has 1 fully saturated rings. The Labute approximate surface area is 246 Å². The van der Waals surface area contributed by atoms with Gasteiger partial charge in [-0.2, -0.15) is 5.10 Å². The molecule has 0 aliphatic carbocycles. The number of fused-ring (bicyclic) bond motifs is 1. The fourth-order valence-corrected chi connectivity index (χ4v) is 4.80. The van der Waals surface area contributed by atoms with Gasteiger partial charge in [0.15, 0.2) is 23.1 Å². The van der Waals surface area contributed by atoms with Gasteiger partial charge in [0.1, 0.15) is 11.2 Å². The van der Waals surface area contributed by atoms with Crippen LogP contribution in [-0.4, -0.2) is 83.9 Å². The van der Waals surface area contributed by atoms with Gasteiger partial charge in [-0.3, -0.25) is 9.48 Å². The van der Waals surface area contributed by atoms with Gasteiger partial charge in [0.2, 0.25) is 11.9 Å². The highest BCUT2D eigenvalue weighted by Crippen LogP contribution is 2.39. The highest BCUT2D eigenvalue weighted by Gasteiger charge is 2.28. The minimum atomic E-state index is -0.932. The largest absolute Gasteiger partial charge is 0.494 e. The van der Waals surface area contributed by atoms with Crippen LogP contribution < -0.4 is 20.1 Å². The maximum Gasteiger partial charge on any atom is 0.243 e. The number of carbonyl (C=O) groups excluding carboxylic acids is 1. The van der Waals surface area contributed by atoms with E-state index >= 15 is 8.78 Å². The summed E-state index contributed by atoms with van der Waals surface area (Å²) in [6.07, 6.45) is 6.66. The number of hydrogen-bond donors (Lipinski definition) is 2. The molecule has 4 heterocycles. The molecule has 0 saturated carbocycles. The first-order valence-electron chi connectivity index (χ1n) is 13.4. The quantitative estimate of drug-likeness (QED) is 0.249. The van der Waals surface area contributed by atoms with Gasteiger partial charge in [-0.1, -0.05) is 6.58 Å². The lowest BCUT2D eigenvalue weighted by atomic mass is 10.0. The van der Waals surface area contributed by atoms with Crippen molar-refractivity contribution in [2.45, 2.75) is 25.0 Å². The van der Waals surface area contributed by atoms with Crippen LogP contribution in [0, 0.1) is 11.6 Å². The number of benzene rings is 1. The molecular formula is C29H31F2N7O5. The minimum absolute atomic E-state index is 0.0171. The van der Waals surface area contributed by atoms with Crippen molar-refractivity contribution in [1.29, 1.82) is 0 Å².